The number of aromatic nitrogens is 3. The van der Waals surface area contributed by atoms with E-state index in [1.165, 1.54) is 6.42 Å². The highest BCUT2D eigenvalue weighted by molar-refractivity contribution is 5.68. The van der Waals surface area contributed by atoms with Gasteiger partial charge in [-0.05, 0) is 32.0 Å². The van der Waals surface area contributed by atoms with Gasteiger partial charge < -0.3 is 10.1 Å². The first-order valence-electron chi connectivity index (χ1n) is 6.15. The van der Waals surface area contributed by atoms with Crippen LogP contribution in [0.5, 0.6) is 5.75 Å². The fourth-order valence-corrected chi connectivity index (χ4v) is 2.20. The number of likely N-dealkylation sites (tertiary alicyclic amines) is 1. The molecule has 0 spiro atoms. The second kappa shape index (κ2) is 4.42. The zero-order valence-electron chi connectivity index (χ0n) is 10.3. The number of imidazole rings is 1. The molecule has 1 fully saturated rings. The van der Waals surface area contributed by atoms with Gasteiger partial charge >= 0.3 is 0 Å². The van der Waals surface area contributed by atoms with Gasteiger partial charge in [-0.2, -0.15) is 0 Å². The van der Waals surface area contributed by atoms with E-state index in [2.05, 4.69) is 19.9 Å². The van der Waals surface area contributed by atoms with Crippen molar-refractivity contribution in [1.82, 2.24) is 19.9 Å². The molecule has 0 bridgehead atoms. The zero-order valence-corrected chi connectivity index (χ0v) is 10.3. The Balaban J connectivity index is 2.04. The largest absolute Gasteiger partial charge is 0.505 e. The Morgan fingerprint density at radius 3 is 2.83 bits per heavy atom. The van der Waals surface area contributed by atoms with E-state index in [0.29, 0.717) is 11.5 Å². The van der Waals surface area contributed by atoms with Gasteiger partial charge in [0, 0.05) is 25.1 Å². The van der Waals surface area contributed by atoms with Crippen molar-refractivity contribution in [3.8, 4) is 17.1 Å². The van der Waals surface area contributed by atoms with Crippen LogP contribution in [0.3, 0.4) is 0 Å². The molecule has 5 heteroatoms. The smallest absolute Gasteiger partial charge is 0.148 e. The lowest BCUT2D eigenvalue weighted by Gasteiger charge is -2.31. The number of hydrogen-bond acceptors (Lipinski definition) is 4. The molecule has 1 saturated heterocycles. The lowest BCUT2D eigenvalue weighted by molar-refractivity contribution is 0.172. The molecule has 0 aliphatic carbocycles. The van der Waals surface area contributed by atoms with Gasteiger partial charge in [0.1, 0.15) is 11.6 Å². The second-order valence-electron chi connectivity index (χ2n) is 4.66. The number of aromatic hydroxyl groups is 1. The van der Waals surface area contributed by atoms with Crippen molar-refractivity contribution in [2.24, 2.45) is 0 Å². The number of nitrogens with one attached hydrogen (secondary N) is 1. The monoisotopic (exact) mass is 244 g/mol. The lowest BCUT2D eigenvalue weighted by Crippen LogP contribution is -2.36. The molecule has 0 amide bonds. The summed E-state index contributed by atoms with van der Waals surface area (Å²) >= 11 is 0. The number of aromatic amines is 1. The minimum atomic E-state index is 0.225. The Kier molecular flexibility index (Phi) is 2.76. The van der Waals surface area contributed by atoms with Crippen LogP contribution in [0.1, 0.15) is 17.7 Å². The Labute approximate surface area is 106 Å². The van der Waals surface area contributed by atoms with Crippen LogP contribution in [0, 0.1) is 6.92 Å². The second-order valence-corrected chi connectivity index (χ2v) is 4.66. The predicted octanol–water partition coefficient (Wildman–Crippen LogP) is 1.69. The Morgan fingerprint density at radius 2 is 2.22 bits per heavy atom. The van der Waals surface area contributed by atoms with Gasteiger partial charge in [0.15, 0.2) is 0 Å². The molecule has 94 valence electrons. The average Bonchev–Trinajstić information content (AvgIpc) is 2.81. The van der Waals surface area contributed by atoms with Crippen molar-refractivity contribution in [3.63, 3.8) is 0 Å². The topological polar surface area (TPSA) is 65.0 Å². The number of hydrogen-bond donors (Lipinski definition) is 2. The summed E-state index contributed by atoms with van der Waals surface area (Å²) in [6.45, 7) is 4.85. The van der Waals surface area contributed by atoms with Crippen LogP contribution in [-0.2, 0) is 6.54 Å². The van der Waals surface area contributed by atoms with Crippen molar-refractivity contribution in [2.45, 2.75) is 19.9 Å². The van der Waals surface area contributed by atoms with E-state index in [9.17, 15) is 5.11 Å². The summed E-state index contributed by atoms with van der Waals surface area (Å²) in [5.41, 5.74) is 2.43. The Bertz CT molecular complexity index is 546. The van der Waals surface area contributed by atoms with E-state index in [1.807, 2.05) is 6.20 Å². The summed E-state index contributed by atoms with van der Waals surface area (Å²) in [6.07, 6.45) is 6.54. The molecule has 1 aliphatic heterocycles. The van der Waals surface area contributed by atoms with Crippen molar-refractivity contribution in [3.05, 3.63) is 29.8 Å². The quantitative estimate of drug-likeness (QED) is 0.862. The van der Waals surface area contributed by atoms with Crippen LogP contribution in [0.4, 0.5) is 0 Å². The summed E-state index contributed by atoms with van der Waals surface area (Å²) in [6, 6.07) is 0. The molecule has 0 aromatic carbocycles. The number of pyridine rings is 1. The summed E-state index contributed by atoms with van der Waals surface area (Å²) < 4.78 is 0. The molecule has 0 radical (unpaired) electrons. The molecule has 2 N–H and O–H groups in total. The first-order valence-corrected chi connectivity index (χ1v) is 6.15. The van der Waals surface area contributed by atoms with E-state index in [4.69, 9.17) is 0 Å². The first-order chi connectivity index (χ1) is 8.75. The molecule has 0 unspecified atom stereocenters. The van der Waals surface area contributed by atoms with Crippen molar-refractivity contribution >= 4 is 0 Å². The molecular weight excluding hydrogens is 228 g/mol. The third-order valence-electron chi connectivity index (χ3n) is 3.39. The molecule has 0 saturated carbocycles. The third-order valence-corrected chi connectivity index (χ3v) is 3.39. The number of H-pyrrole nitrogens is 1. The number of rotatable bonds is 3. The van der Waals surface area contributed by atoms with Gasteiger partial charge in [-0.15, -0.1) is 0 Å². The van der Waals surface area contributed by atoms with Crippen molar-refractivity contribution in [1.29, 1.82) is 0 Å². The van der Waals surface area contributed by atoms with Crippen LogP contribution in [0.2, 0.25) is 0 Å². The molecule has 0 atom stereocenters. The predicted molar refractivity (Wildman–Crippen MR) is 68.1 cm³/mol. The van der Waals surface area contributed by atoms with Crippen molar-refractivity contribution < 1.29 is 5.11 Å². The standard InChI is InChI=1S/C13H16N4O/c1-9-12(18)11(13-14-3-4-15-13)10(7-16-9)8-17-5-2-6-17/h3-4,7,18H,2,5-6,8H2,1H3,(H,14,15). The van der Waals surface area contributed by atoms with Crippen LogP contribution >= 0.6 is 0 Å². The maximum atomic E-state index is 10.2. The maximum Gasteiger partial charge on any atom is 0.148 e. The Morgan fingerprint density at radius 1 is 1.39 bits per heavy atom. The minimum Gasteiger partial charge on any atom is -0.505 e. The summed E-state index contributed by atoms with van der Waals surface area (Å²) in [7, 11) is 0. The van der Waals surface area contributed by atoms with E-state index in [0.717, 1.165) is 30.8 Å². The van der Waals surface area contributed by atoms with Crippen molar-refractivity contribution in [2.75, 3.05) is 13.1 Å². The van der Waals surface area contributed by atoms with Gasteiger partial charge in [-0.3, -0.25) is 9.88 Å². The molecular formula is C13H16N4O. The highest BCUT2D eigenvalue weighted by atomic mass is 16.3. The van der Waals surface area contributed by atoms with E-state index >= 15 is 0 Å². The minimum absolute atomic E-state index is 0.225. The van der Waals surface area contributed by atoms with Gasteiger partial charge in [0.2, 0.25) is 0 Å². The van der Waals surface area contributed by atoms with E-state index < -0.39 is 0 Å². The third kappa shape index (κ3) is 1.86. The van der Waals surface area contributed by atoms with Gasteiger partial charge in [0.25, 0.3) is 0 Å². The molecule has 1 aliphatic rings. The summed E-state index contributed by atoms with van der Waals surface area (Å²) in [5, 5.41) is 10.2. The molecule has 3 rings (SSSR count). The fourth-order valence-electron chi connectivity index (χ4n) is 2.20. The van der Waals surface area contributed by atoms with Gasteiger partial charge in [0.05, 0.1) is 11.3 Å². The Hall–Kier alpha value is -1.88. The molecule has 2 aromatic heterocycles. The molecule has 2 aromatic rings. The van der Waals surface area contributed by atoms with E-state index in [-0.39, 0.29) is 5.75 Å². The molecule has 5 nitrogen and oxygen atoms in total. The van der Waals surface area contributed by atoms with Crippen LogP contribution in [-0.4, -0.2) is 38.0 Å². The zero-order chi connectivity index (χ0) is 12.5. The number of aryl methyl sites for hydroxylation is 1. The molecule has 3 heterocycles. The number of nitrogens with zero attached hydrogens (tertiary/aromatic N) is 3. The average molecular weight is 244 g/mol. The normalized spacial score (nSPS) is 15.6. The van der Waals surface area contributed by atoms with Gasteiger partial charge in [-0.25, -0.2) is 4.98 Å². The SMILES string of the molecule is Cc1ncc(CN2CCC2)c(-c2ncc[nH]2)c1O. The highest BCUT2D eigenvalue weighted by Gasteiger charge is 2.20. The lowest BCUT2D eigenvalue weighted by atomic mass is 10.0. The van der Waals surface area contributed by atoms with Crippen LogP contribution < -0.4 is 0 Å². The van der Waals surface area contributed by atoms with Gasteiger partial charge in [-0.1, -0.05) is 0 Å². The fraction of sp³-hybridized carbons (Fsp3) is 0.385. The maximum absolute atomic E-state index is 10.2. The van der Waals surface area contributed by atoms with Crippen LogP contribution in [0.15, 0.2) is 18.6 Å². The molecule has 18 heavy (non-hydrogen) atoms. The summed E-state index contributed by atoms with van der Waals surface area (Å²) in [4.78, 5) is 13.9. The summed E-state index contributed by atoms with van der Waals surface area (Å²) in [5.74, 6) is 0.927. The highest BCUT2D eigenvalue weighted by Crippen LogP contribution is 2.33. The first kappa shape index (κ1) is 11.2. The van der Waals surface area contributed by atoms with E-state index in [1.54, 1.807) is 19.3 Å². The van der Waals surface area contributed by atoms with Crippen LogP contribution in [0.25, 0.3) is 11.4 Å².